The van der Waals surface area contributed by atoms with Crippen molar-refractivity contribution in [1.82, 2.24) is 4.98 Å². The third kappa shape index (κ3) is 9.12. The second kappa shape index (κ2) is 15.3. The average Bonchev–Trinajstić information content (AvgIpc) is 3.38. The predicted molar refractivity (Wildman–Crippen MR) is 165 cm³/mol. The summed E-state index contributed by atoms with van der Waals surface area (Å²) >= 11 is 5.88. The van der Waals surface area contributed by atoms with Gasteiger partial charge < -0.3 is 29.6 Å². The second-order valence-electron chi connectivity index (χ2n) is 9.82. The number of carboxylic acids is 1. The molecule has 4 rings (SSSR count). The van der Waals surface area contributed by atoms with Gasteiger partial charge in [0.2, 0.25) is 0 Å². The first kappa shape index (κ1) is 36.2. The molecule has 14 nitrogen and oxygen atoms in total. The topological polar surface area (TPSA) is 197 Å². The highest BCUT2D eigenvalue weighted by atomic mass is 35.5. The Morgan fingerprint density at radius 3 is 2.17 bits per heavy atom. The first-order valence-corrected chi connectivity index (χ1v) is 14.3. The van der Waals surface area contributed by atoms with Crippen molar-refractivity contribution in [2.75, 3.05) is 23.7 Å². The Bertz CT molecular complexity index is 1740. The minimum Gasteiger partial charge on any atom is -0.479 e. The van der Waals surface area contributed by atoms with E-state index >= 15 is 0 Å². The van der Waals surface area contributed by atoms with Gasteiger partial charge in [-0.25, -0.2) is 4.79 Å². The van der Waals surface area contributed by atoms with E-state index < -0.39 is 56.4 Å². The third-order valence-corrected chi connectivity index (χ3v) is 6.54. The zero-order valence-electron chi connectivity index (χ0n) is 25.1. The summed E-state index contributed by atoms with van der Waals surface area (Å²) in [5.41, 5.74) is 1.27. The molecular weight excluding hydrogens is 655 g/mol. The second-order valence-corrected chi connectivity index (χ2v) is 10.3. The summed E-state index contributed by atoms with van der Waals surface area (Å²) in [7, 11) is 0. The smallest absolute Gasteiger partial charge is 0.418 e. The maximum absolute atomic E-state index is 13.0. The number of nitro groups is 2. The zero-order chi connectivity index (χ0) is 35.1. The fraction of sp³-hybridized carbons (Fsp3) is 0.310. The number of carboxylic acid groups (broad SMARTS) is 1. The number of nitrogens with two attached hydrogens (primary N) is 1. The lowest BCUT2D eigenvalue weighted by Gasteiger charge is -2.24. The molecule has 252 valence electrons. The molecule has 4 aromatic rings. The molecule has 0 aliphatic rings. The van der Waals surface area contributed by atoms with Gasteiger partial charge in [-0.1, -0.05) is 25.4 Å². The molecule has 0 aliphatic carbocycles. The standard InChI is InChI=1S/C16H12ClNO5.C13H17F3N4O4/c1-9(15(19)20)21-11-3-5-12(6-4-11)22-16-18-13-7-2-10(17)8-14(13)23-16;1-3-5-18(6-4-2)11-9(19(21)22)7-8(13(14,15)16)10(17)12(11)20(23)24/h2-9H,1H3,(H,19,20);7H,3-6,17H2,1-2H3. The minimum atomic E-state index is -5.04. The van der Waals surface area contributed by atoms with Crippen LogP contribution in [0.3, 0.4) is 0 Å². The Morgan fingerprint density at radius 2 is 1.66 bits per heavy atom. The average molecular weight is 684 g/mol. The van der Waals surface area contributed by atoms with Crippen LogP contribution in [0.2, 0.25) is 5.02 Å². The van der Waals surface area contributed by atoms with Crippen LogP contribution in [0.15, 0.2) is 52.9 Å². The SMILES string of the molecule is CC(Oc1ccc(Oc2nc3ccc(Cl)cc3o2)cc1)C(=O)O.CCCN(CCC)c1c([N+](=O)[O-])cc(C(F)(F)F)c(N)c1[N+](=O)[O-]. The number of aliphatic carboxylic acids is 1. The highest BCUT2D eigenvalue weighted by Crippen LogP contribution is 2.48. The lowest BCUT2D eigenvalue weighted by molar-refractivity contribution is -0.392. The highest BCUT2D eigenvalue weighted by molar-refractivity contribution is 6.31. The van der Waals surface area contributed by atoms with Crippen molar-refractivity contribution in [3.8, 4) is 17.6 Å². The van der Waals surface area contributed by atoms with Gasteiger partial charge in [0, 0.05) is 30.2 Å². The first-order chi connectivity index (χ1) is 22.1. The fourth-order valence-corrected chi connectivity index (χ4v) is 4.43. The molecule has 3 N–H and O–H groups in total. The Morgan fingerprint density at radius 1 is 1.06 bits per heavy atom. The Labute approximate surface area is 269 Å². The van der Waals surface area contributed by atoms with Crippen molar-refractivity contribution >= 4 is 51.4 Å². The lowest BCUT2D eigenvalue weighted by Crippen LogP contribution is -2.27. The van der Waals surface area contributed by atoms with E-state index in [1.54, 1.807) is 56.3 Å². The lowest BCUT2D eigenvalue weighted by atomic mass is 10.1. The molecule has 18 heteroatoms. The van der Waals surface area contributed by atoms with Gasteiger partial charge in [0.15, 0.2) is 17.4 Å². The van der Waals surface area contributed by atoms with E-state index in [2.05, 4.69) is 4.98 Å². The molecular formula is C29H29ClF3N5O9. The van der Waals surface area contributed by atoms with Crippen LogP contribution in [-0.2, 0) is 11.0 Å². The molecule has 0 aliphatic heterocycles. The number of nitro benzene ring substituents is 2. The van der Waals surface area contributed by atoms with Crippen LogP contribution in [0, 0.1) is 20.2 Å². The van der Waals surface area contributed by atoms with E-state index in [4.69, 9.17) is 36.3 Å². The van der Waals surface area contributed by atoms with Crippen LogP contribution in [0.25, 0.3) is 11.1 Å². The number of hydrogen-bond acceptors (Lipinski definition) is 11. The van der Waals surface area contributed by atoms with Crippen molar-refractivity contribution in [1.29, 1.82) is 0 Å². The van der Waals surface area contributed by atoms with E-state index in [9.17, 15) is 38.2 Å². The molecule has 0 fully saturated rings. The number of nitrogens with zero attached hydrogens (tertiary/aromatic N) is 4. The third-order valence-electron chi connectivity index (χ3n) is 6.30. The molecule has 1 aromatic heterocycles. The number of rotatable bonds is 12. The van der Waals surface area contributed by atoms with Gasteiger partial charge >= 0.3 is 23.9 Å². The number of carbonyl (C=O) groups is 1. The number of hydrogen-bond donors (Lipinski definition) is 2. The molecule has 1 atom stereocenters. The van der Waals surface area contributed by atoms with Crippen molar-refractivity contribution in [2.24, 2.45) is 0 Å². The molecule has 47 heavy (non-hydrogen) atoms. The molecule has 0 saturated carbocycles. The summed E-state index contributed by atoms with van der Waals surface area (Å²) in [4.78, 5) is 36.7. The molecule has 3 aromatic carbocycles. The molecule has 0 radical (unpaired) electrons. The summed E-state index contributed by atoms with van der Waals surface area (Å²) in [5, 5.41) is 31.9. The summed E-state index contributed by atoms with van der Waals surface area (Å²) in [6.45, 7) is 5.36. The largest absolute Gasteiger partial charge is 0.479 e. The molecule has 1 heterocycles. The zero-order valence-corrected chi connectivity index (χ0v) is 25.9. The van der Waals surface area contributed by atoms with Crippen LogP contribution in [0.4, 0.5) is 35.9 Å². The van der Waals surface area contributed by atoms with Gasteiger partial charge in [-0.15, -0.1) is 0 Å². The Kier molecular flexibility index (Phi) is 11.8. The normalized spacial score (nSPS) is 11.7. The van der Waals surface area contributed by atoms with Crippen LogP contribution < -0.4 is 20.1 Å². The van der Waals surface area contributed by atoms with Gasteiger partial charge in [-0.2, -0.15) is 18.2 Å². The van der Waals surface area contributed by atoms with Crippen LogP contribution in [0.5, 0.6) is 17.6 Å². The van der Waals surface area contributed by atoms with Crippen LogP contribution in [-0.4, -0.2) is 45.1 Å². The van der Waals surface area contributed by atoms with Gasteiger partial charge in [-0.3, -0.25) is 20.2 Å². The van der Waals surface area contributed by atoms with Gasteiger partial charge in [0.25, 0.3) is 5.69 Å². The first-order valence-electron chi connectivity index (χ1n) is 13.9. The number of ether oxygens (including phenoxy) is 2. The van der Waals surface area contributed by atoms with E-state index in [1.807, 2.05) is 0 Å². The summed E-state index contributed by atoms with van der Waals surface area (Å²) in [6, 6.07) is 11.8. The Hall–Kier alpha value is -5.32. The van der Waals surface area contributed by atoms with Crippen molar-refractivity contribution in [3.05, 3.63) is 79.3 Å². The summed E-state index contributed by atoms with van der Waals surface area (Å²) in [5.74, 6) is -0.120. The number of aromatic nitrogens is 1. The molecule has 0 spiro atoms. The fourth-order valence-electron chi connectivity index (χ4n) is 4.27. The van der Waals surface area contributed by atoms with Crippen molar-refractivity contribution in [2.45, 2.75) is 45.9 Å². The van der Waals surface area contributed by atoms with Crippen molar-refractivity contribution in [3.63, 3.8) is 0 Å². The number of fused-ring (bicyclic) bond motifs is 1. The quantitative estimate of drug-likeness (QED) is 0.0834. The van der Waals surface area contributed by atoms with Crippen LogP contribution in [0.1, 0.15) is 39.2 Å². The monoisotopic (exact) mass is 683 g/mol. The van der Waals surface area contributed by atoms with E-state index in [0.29, 0.717) is 40.5 Å². The maximum Gasteiger partial charge on any atom is 0.418 e. The van der Waals surface area contributed by atoms with Crippen LogP contribution >= 0.6 is 11.6 Å². The number of nitrogen functional groups attached to an aromatic ring is 1. The number of anilines is 2. The molecule has 0 amide bonds. The number of alkyl halides is 3. The highest BCUT2D eigenvalue weighted by Gasteiger charge is 2.42. The molecule has 0 bridgehead atoms. The van der Waals surface area contributed by atoms with E-state index in [0.717, 1.165) is 0 Å². The number of benzene rings is 3. The maximum atomic E-state index is 13.0. The van der Waals surface area contributed by atoms with E-state index in [1.165, 1.54) is 11.8 Å². The van der Waals surface area contributed by atoms with E-state index in [-0.39, 0.29) is 25.2 Å². The summed E-state index contributed by atoms with van der Waals surface area (Å²) < 4.78 is 55.3. The van der Waals surface area contributed by atoms with Gasteiger partial charge in [-0.05, 0) is 56.2 Å². The van der Waals surface area contributed by atoms with Crippen molar-refractivity contribution < 1.29 is 46.8 Å². The predicted octanol–water partition coefficient (Wildman–Crippen LogP) is 7.86. The number of oxazole rings is 1. The molecule has 1 unspecified atom stereocenters. The summed E-state index contributed by atoms with van der Waals surface area (Å²) in [6.07, 6.45) is -4.89. The van der Waals surface area contributed by atoms with Gasteiger partial charge in [0.05, 0.1) is 15.4 Å². The minimum absolute atomic E-state index is 0.0924. The molecule has 0 saturated heterocycles. The number of halogens is 4. The van der Waals surface area contributed by atoms with Gasteiger partial charge in [0.1, 0.15) is 22.7 Å². The Balaban J connectivity index is 0.000000255.